The molecule has 33 heavy (non-hydrogen) atoms. The molecule has 1 saturated heterocycles. The number of phenolic OH excluding ortho intramolecular Hbond substituents is 4. The van der Waals surface area contributed by atoms with Gasteiger partial charge in [-0.25, -0.2) is 0 Å². The lowest BCUT2D eigenvalue weighted by atomic mass is 9.99. The summed E-state index contributed by atoms with van der Waals surface area (Å²) in [5.41, 5.74) is -1.19. The van der Waals surface area contributed by atoms with Crippen molar-refractivity contribution in [1.82, 2.24) is 0 Å². The molecule has 2 heterocycles. The first-order valence-electron chi connectivity index (χ1n) is 9.64. The third-order valence-corrected chi connectivity index (χ3v) is 5.24. The molecule has 0 amide bonds. The molecule has 0 spiro atoms. The molecule has 1 aliphatic rings. The van der Waals surface area contributed by atoms with Gasteiger partial charge < -0.3 is 54.7 Å². The van der Waals surface area contributed by atoms with Crippen molar-refractivity contribution in [3.05, 3.63) is 40.6 Å². The van der Waals surface area contributed by atoms with E-state index in [2.05, 4.69) is 0 Å². The molecule has 12 heteroatoms. The van der Waals surface area contributed by atoms with E-state index in [4.69, 9.17) is 13.9 Å². The quantitative estimate of drug-likeness (QED) is 0.229. The van der Waals surface area contributed by atoms with Gasteiger partial charge in [-0.15, -0.1) is 0 Å². The van der Waals surface area contributed by atoms with E-state index < -0.39 is 71.5 Å². The normalized spacial score (nSPS) is 25.3. The Labute approximate surface area is 184 Å². The molecule has 1 aliphatic heterocycles. The van der Waals surface area contributed by atoms with Crippen LogP contribution >= 0.6 is 0 Å². The van der Waals surface area contributed by atoms with Gasteiger partial charge >= 0.3 is 0 Å². The maximum absolute atomic E-state index is 13.2. The van der Waals surface area contributed by atoms with E-state index in [1.807, 2.05) is 0 Å². The van der Waals surface area contributed by atoms with Gasteiger partial charge in [-0.3, -0.25) is 4.79 Å². The van der Waals surface area contributed by atoms with Crippen molar-refractivity contribution < 1.29 is 54.7 Å². The van der Waals surface area contributed by atoms with Crippen LogP contribution in [0.3, 0.4) is 0 Å². The summed E-state index contributed by atoms with van der Waals surface area (Å²) >= 11 is 0. The third-order valence-electron chi connectivity index (χ3n) is 5.24. The highest BCUT2D eigenvalue weighted by molar-refractivity contribution is 5.88. The van der Waals surface area contributed by atoms with Gasteiger partial charge in [0.15, 0.2) is 17.3 Å². The summed E-state index contributed by atoms with van der Waals surface area (Å²) in [6.45, 7) is -0.740. The number of ether oxygens (including phenoxy) is 2. The number of hydrogen-bond donors (Lipinski definition) is 8. The van der Waals surface area contributed by atoms with Gasteiger partial charge in [0.1, 0.15) is 46.9 Å². The number of aromatic hydroxyl groups is 4. The lowest BCUT2D eigenvalue weighted by Crippen LogP contribution is -2.60. The summed E-state index contributed by atoms with van der Waals surface area (Å²) in [6, 6.07) is 5.36. The van der Waals surface area contributed by atoms with Crippen molar-refractivity contribution in [3.63, 3.8) is 0 Å². The Morgan fingerprint density at radius 3 is 2.27 bits per heavy atom. The molecule has 3 aromatic rings. The molecule has 0 saturated carbocycles. The van der Waals surface area contributed by atoms with Gasteiger partial charge in [0.2, 0.25) is 17.5 Å². The molecular formula is C21H20O12. The molecule has 1 fully saturated rings. The Morgan fingerprint density at radius 2 is 1.61 bits per heavy atom. The SMILES string of the molecule is O=c1c(O[C@H]2O[C@H](CO)[C@H](O)C(O)[C@H]2O)c(-c2ccc(O)c(O)c2)oc2cc(O)cc(O)c12. The lowest BCUT2D eigenvalue weighted by Gasteiger charge is -2.39. The van der Waals surface area contributed by atoms with Crippen LogP contribution in [0.5, 0.6) is 28.7 Å². The van der Waals surface area contributed by atoms with E-state index in [1.54, 1.807) is 0 Å². The van der Waals surface area contributed by atoms with Crippen LogP contribution in [0, 0.1) is 0 Å². The van der Waals surface area contributed by atoms with Crippen molar-refractivity contribution in [2.75, 3.05) is 6.61 Å². The zero-order valence-corrected chi connectivity index (χ0v) is 16.7. The van der Waals surface area contributed by atoms with Crippen LogP contribution in [0.4, 0.5) is 0 Å². The first-order chi connectivity index (χ1) is 15.6. The molecule has 8 N–H and O–H groups in total. The van der Waals surface area contributed by atoms with E-state index in [9.17, 15) is 45.6 Å². The van der Waals surface area contributed by atoms with Gasteiger partial charge in [-0.05, 0) is 18.2 Å². The molecule has 5 atom stereocenters. The van der Waals surface area contributed by atoms with Gasteiger partial charge in [0.05, 0.1) is 6.61 Å². The van der Waals surface area contributed by atoms with E-state index >= 15 is 0 Å². The van der Waals surface area contributed by atoms with Gasteiger partial charge in [-0.1, -0.05) is 0 Å². The molecule has 2 aromatic carbocycles. The predicted octanol–water partition coefficient (Wildman–Crippen LogP) is -0.539. The minimum Gasteiger partial charge on any atom is -0.508 e. The van der Waals surface area contributed by atoms with Crippen LogP contribution in [-0.4, -0.2) is 78.2 Å². The minimum absolute atomic E-state index is 0.0201. The predicted molar refractivity (Wildman–Crippen MR) is 109 cm³/mol. The second kappa shape index (κ2) is 8.42. The van der Waals surface area contributed by atoms with Crippen molar-refractivity contribution in [2.24, 2.45) is 0 Å². The third kappa shape index (κ3) is 3.90. The zero-order valence-electron chi connectivity index (χ0n) is 16.7. The van der Waals surface area contributed by atoms with Crippen LogP contribution in [0.1, 0.15) is 0 Å². The fraction of sp³-hybridized carbons (Fsp3) is 0.286. The number of benzene rings is 2. The first-order valence-corrected chi connectivity index (χ1v) is 9.64. The summed E-state index contributed by atoms with van der Waals surface area (Å²) in [5, 5.41) is 78.7. The van der Waals surface area contributed by atoms with Crippen LogP contribution in [0.15, 0.2) is 39.5 Å². The Kier molecular flexibility index (Phi) is 5.78. The van der Waals surface area contributed by atoms with E-state index in [-0.39, 0.29) is 22.3 Å². The zero-order chi connectivity index (χ0) is 24.0. The van der Waals surface area contributed by atoms with Crippen molar-refractivity contribution in [3.8, 4) is 40.1 Å². The van der Waals surface area contributed by atoms with E-state index in [0.717, 1.165) is 24.3 Å². The average molecular weight is 464 g/mol. The molecule has 0 bridgehead atoms. The van der Waals surface area contributed by atoms with E-state index in [1.165, 1.54) is 6.07 Å². The number of rotatable bonds is 4. The summed E-state index contributed by atoms with van der Waals surface area (Å²) in [5.74, 6) is -3.05. The Hall–Kier alpha value is -3.55. The van der Waals surface area contributed by atoms with Crippen molar-refractivity contribution >= 4 is 11.0 Å². The maximum Gasteiger partial charge on any atom is 0.239 e. The monoisotopic (exact) mass is 464 g/mol. The molecule has 1 aromatic heterocycles. The van der Waals surface area contributed by atoms with Crippen LogP contribution < -0.4 is 10.2 Å². The number of fused-ring (bicyclic) bond motifs is 1. The molecule has 4 rings (SSSR count). The summed E-state index contributed by atoms with van der Waals surface area (Å²) in [6.07, 6.45) is -8.40. The molecule has 12 nitrogen and oxygen atoms in total. The first kappa shape index (κ1) is 22.6. The number of hydrogen-bond acceptors (Lipinski definition) is 12. The molecular weight excluding hydrogens is 444 g/mol. The second-order valence-corrected chi connectivity index (χ2v) is 7.45. The van der Waals surface area contributed by atoms with E-state index in [0.29, 0.717) is 0 Å². The van der Waals surface area contributed by atoms with Crippen molar-refractivity contribution in [2.45, 2.75) is 30.7 Å². The molecule has 1 unspecified atom stereocenters. The largest absolute Gasteiger partial charge is 0.508 e. The molecule has 0 radical (unpaired) electrons. The lowest BCUT2D eigenvalue weighted by molar-refractivity contribution is -0.277. The Bertz CT molecular complexity index is 1250. The van der Waals surface area contributed by atoms with Crippen LogP contribution in [0.2, 0.25) is 0 Å². The smallest absolute Gasteiger partial charge is 0.239 e. The molecule has 0 aliphatic carbocycles. The highest BCUT2D eigenvalue weighted by atomic mass is 16.7. The summed E-state index contributed by atoms with van der Waals surface area (Å²) < 4.78 is 16.5. The average Bonchev–Trinajstić information content (AvgIpc) is 2.76. The number of aliphatic hydroxyl groups excluding tert-OH is 4. The van der Waals surface area contributed by atoms with Crippen LogP contribution in [-0.2, 0) is 4.74 Å². The summed E-state index contributed by atoms with van der Waals surface area (Å²) in [7, 11) is 0. The Balaban J connectivity index is 1.91. The highest BCUT2D eigenvalue weighted by Crippen LogP contribution is 2.39. The second-order valence-electron chi connectivity index (χ2n) is 7.45. The highest BCUT2D eigenvalue weighted by Gasteiger charge is 2.45. The van der Waals surface area contributed by atoms with Gasteiger partial charge in [0.25, 0.3) is 0 Å². The van der Waals surface area contributed by atoms with Crippen molar-refractivity contribution in [1.29, 1.82) is 0 Å². The van der Waals surface area contributed by atoms with Gasteiger partial charge in [0, 0.05) is 17.7 Å². The fourth-order valence-corrected chi connectivity index (χ4v) is 3.51. The Morgan fingerprint density at radius 1 is 0.879 bits per heavy atom. The summed E-state index contributed by atoms with van der Waals surface area (Å²) in [4.78, 5) is 13.2. The number of aliphatic hydroxyl groups is 4. The topological polar surface area (TPSA) is 211 Å². The van der Waals surface area contributed by atoms with Crippen LogP contribution in [0.25, 0.3) is 22.3 Å². The minimum atomic E-state index is -1.85. The maximum atomic E-state index is 13.2. The fourth-order valence-electron chi connectivity index (χ4n) is 3.51. The number of phenols is 4. The molecule has 176 valence electrons. The standard InChI is InChI=1S/C21H20O12/c22-6-13-15(27)17(29)18(30)21(32-13)33-20-16(28)14-11(26)4-8(23)5-12(14)31-19(20)7-1-2-9(24)10(25)3-7/h1-5,13,15,17-18,21-27,29-30H,6H2/t13-,15+,17?,18-,21-/m1/s1. The van der Waals surface area contributed by atoms with Gasteiger partial charge in [-0.2, -0.15) is 0 Å².